The minimum atomic E-state index is 0.729. The smallest absolute Gasteiger partial charge is 0.0406 e. The van der Waals surface area contributed by atoms with Gasteiger partial charge in [-0.15, -0.1) is 0 Å². The molecule has 0 unspecified atom stereocenters. The number of benzene rings is 2. The lowest BCUT2D eigenvalue weighted by Gasteiger charge is -2.08. The lowest BCUT2D eigenvalue weighted by Crippen LogP contribution is -1.87. The number of hydrogen-bond acceptors (Lipinski definition) is 0. The van der Waals surface area contributed by atoms with Crippen LogP contribution in [0.4, 0.5) is 0 Å². The van der Waals surface area contributed by atoms with E-state index in [1.165, 1.54) is 0 Å². The van der Waals surface area contributed by atoms with E-state index in [2.05, 4.69) is 6.58 Å². The van der Waals surface area contributed by atoms with Gasteiger partial charge in [-0.25, -0.2) is 0 Å². The molecule has 0 atom stereocenters. The first kappa shape index (κ1) is 12.9. The average molecular weight is 275 g/mol. The van der Waals surface area contributed by atoms with E-state index in [-0.39, 0.29) is 0 Å². The van der Waals surface area contributed by atoms with Crippen molar-refractivity contribution in [2.45, 2.75) is 0 Å². The Labute approximate surface area is 117 Å². The highest BCUT2D eigenvalue weighted by atomic mass is 35.5. The van der Waals surface area contributed by atoms with Gasteiger partial charge in [0.05, 0.1) is 0 Å². The fourth-order valence-corrected chi connectivity index (χ4v) is 1.99. The van der Waals surface area contributed by atoms with Crippen molar-refractivity contribution in [1.29, 1.82) is 0 Å². The summed E-state index contributed by atoms with van der Waals surface area (Å²) < 4.78 is 0. The first-order chi connectivity index (χ1) is 8.70. The Bertz CT molecular complexity index is 516. The van der Waals surface area contributed by atoms with Gasteiger partial charge < -0.3 is 0 Å². The third-order valence-electron chi connectivity index (χ3n) is 2.59. The Morgan fingerprint density at radius 3 is 1.50 bits per heavy atom. The van der Waals surface area contributed by atoms with Crippen molar-refractivity contribution < 1.29 is 0 Å². The summed E-state index contributed by atoms with van der Waals surface area (Å²) in [4.78, 5) is 0. The Hall–Kier alpha value is -1.50. The molecule has 2 aromatic carbocycles. The van der Waals surface area contributed by atoms with Crippen LogP contribution in [0.5, 0.6) is 0 Å². The van der Waals surface area contributed by atoms with Crippen molar-refractivity contribution in [2.75, 3.05) is 0 Å². The number of rotatable bonds is 3. The molecule has 2 rings (SSSR count). The molecule has 0 aliphatic rings. The van der Waals surface area contributed by atoms with Crippen LogP contribution in [0.2, 0.25) is 10.0 Å². The van der Waals surface area contributed by atoms with Gasteiger partial charge in [0, 0.05) is 10.0 Å². The predicted molar refractivity (Wildman–Crippen MR) is 80.2 cm³/mol. The van der Waals surface area contributed by atoms with Crippen LogP contribution in [0.15, 0.2) is 67.3 Å². The van der Waals surface area contributed by atoms with Gasteiger partial charge >= 0.3 is 0 Å². The zero-order valence-electron chi connectivity index (χ0n) is 9.74. The lowest BCUT2D eigenvalue weighted by atomic mass is 9.98. The SMILES string of the molecule is C=CC=C(c1ccc(Cl)cc1)c1ccc(Cl)cc1. The molecule has 0 spiro atoms. The summed E-state index contributed by atoms with van der Waals surface area (Å²) >= 11 is 11.8. The fourth-order valence-electron chi connectivity index (χ4n) is 1.74. The molecule has 0 amide bonds. The second-order valence-corrected chi connectivity index (χ2v) is 4.70. The zero-order chi connectivity index (χ0) is 13.0. The van der Waals surface area contributed by atoms with Crippen molar-refractivity contribution in [3.8, 4) is 0 Å². The Kier molecular flexibility index (Phi) is 4.24. The highest BCUT2D eigenvalue weighted by molar-refractivity contribution is 6.31. The van der Waals surface area contributed by atoms with Crippen LogP contribution in [-0.4, -0.2) is 0 Å². The number of hydrogen-bond donors (Lipinski definition) is 0. The van der Waals surface area contributed by atoms with Gasteiger partial charge in [0.2, 0.25) is 0 Å². The molecule has 0 bridgehead atoms. The molecule has 0 saturated heterocycles. The zero-order valence-corrected chi connectivity index (χ0v) is 11.2. The summed E-state index contributed by atoms with van der Waals surface area (Å²) in [5.74, 6) is 0. The molecule has 0 fully saturated rings. The van der Waals surface area contributed by atoms with E-state index >= 15 is 0 Å². The minimum Gasteiger partial charge on any atom is -0.0990 e. The lowest BCUT2D eigenvalue weighted by molar-refractivity contribution is 1.55. The van der Waals surface area contributed by atoms with Gasteiger partial charge in [-0.3, -0.25) is 0 Å². The highest BCUT2D eigenvalue weighted by Gasteiger charge is 2.04. The Morgan fingerprint density at radius 1 is 0.778 bits per heavy atom. The van der Waals surface area contributed by atoms with Gasteiger partial charge in [0.15, 0.2) is 0 Å². The van der Waals surface area contributed by atoms with Crippen molar-refractivity contribution >= 4 is 28.8 Å². The normalized spacial score (nSPS) is 9.89. The van der Waals surface area contributed by atoms with Crippen molar-refractivity contribution in [2.24, 2.45) is 0 Å². The maximum Gasteiger partial charge on any atom is 0.0406 e. The third-order valence-corrected chi connectivity index (χ3v) is 3.10. The van der Waals surface area contributed by atoms with Gasteiger partial charge in [-0.2, -0.15) is 0 Å². The van der Waals surface area contributed by atoms with Crippen LogP contribution in [0.25, 0.3) is 5.57 Å². The van der Waals surface area contributed by atoms with Gasteiger partial charge in [-0.05, 0) is 41.0 Å². The maximum atomic E-state index is 5.90. The van der Waals surface area contributed by atoms with Crippen LogP contribution in [0, 0.1) is 0 Å². The van der Waals surface area contributed by atoms with Crippen LogP contribution in [-0.2, 0) is 0 Å². The van der Waals surface area contributed by atoms with Crippen molar-refractivity contribution in [1.82, 2.24) is 0 Å². The molecular weight excluding hydrogens is 263 g/mol. The van der Waals surface area contributed by atoms with E-state index in [0.29, 0.717) is 0 Å². The molecular formula is C16H12Cl2. The van der Waals surface area contributed by atoms with Gasteiger partial charge in [-0.1, -0.05) is 66.2 Å². The maximum absolute atomic E-state index is 5.90. The molecule has 18 heavy (non-hydrogen) atoms. The second kappa shape index (κ2) is 5.90. The second-order valence-electron chi connectivity index (χ2n) is 3.83. The summed E-state index contributed by atoms with van der Waals surface area (Å²) in [5.41, 5.74) is 3.29. The number of halogens is 2. The van der Waals surface area contributed by atoms with E-state index in [9.17, 15) is 0 Å². The Balaban J connectivity index is 2.46. The topological polar surface area (TPSA) is 0 Å². The van der Waals surface area contributed by atoms with E-state index in [1.807, 2.05) is 54.6 Å². The van der Waals surface area contributed by atoms with Crippen molar-refractivity contribution in [3.63, 3.8) is 0 Å². The molecule has 0 radical (unpaired) electrons. The van der Waals surface area contributed by atoms with E-state index in [4.69, 9.17) is 23.2 Å². The first-order valence-corrected chi connectivity index (χ1v) is 6.31. The van der Waals surface area contributed by atoms with Crippen LogP contribution in [0.1, 0.15) is 11.1 Å². The predicted octanol–water partition coefficient (Wildman–Crippen LogP) is 5.61. The molecule has 0 aliphatic heterocycles. The largest absolute Gasteiger partial charge is 0.0990 e. The summed E-state index contributed by atoms with van der Waals surface area (Å²) in [6.45, 7) is 3.76. The first-order valence-electron chi connectivity index (χ1n) is 5.55. The Morgan fingerprint density at radius 2 is 1.17 bits per heavy atom. The number of allylic oxidation sites excluding steroid dienone is 2. The summed E-state index contributed by atoms with van der Waals surface area (Å²) in [6.07, 6.45) is 3.75. The van der Waals surface area contributed by atoms with E-state index in [1.54, 1.807) is 6.08 Å². The summed E-state index contributed by atoms with van der Waals surface area (Å²) in [5, 5.41) is 1.46. The van der Waals surface area contributed by atoms with Gasteiger partial charge in [0.25, 0.3) is 0 Å². The molecule has 0 saturated carbocycles. The van der Waals surface area contributed by atoms with Crippen molar-refractivity contribution in [3.05, 3.63) is 88.4 Å². The molecule has 2 aromatic rings. The van der Waals surface area contributed by atoms with Crippen LogP contribution in [0.3, 0.4) is 0 Å². The fraction of sp³-hybridized carbons (Fsp3) is 0. The monoisotopic (exact) mass is 274 g/mol. The van der Waals surface area contributed by atoms with Crippen LogP contribution >= 0.6 is 23.2 Å². The summed E-state index contributed by atoms with van der Waals surface area (Å²) in [6, 6.07) is 15.5. The summed E-state index contributed by atoms with van der Waals surface area (Å²) in [7, 11) is 0. The standard InChI is InChI=1S/C16H12Cl2/c1-2-3-16(12-4-8-14(17)9-5-12)13-6-10-15(18)11-7-13/h2-11H,1H2. The minimum absolute atomic E-state index is 0.729. The molecule has 0 heterocycles. The highest BCUT2D eigenvalue weighted by Crippen LogP contribution is 2.25. The van der Waals surface area contributed by atoms with E-state index in [0.717, 1.165) is 26.7 Å². The van der Waals surface area contributed by atoms with Gasteiger partial charge in [0.1, 0.15) is 0 Å². The molecule has 0 aromatic heterocycles. The average Bonchev–Trinajstić information content (AvgIpc) is 2.39. The molecule has 0 N–H and O–H groups in total. The molecule has 90 valence electrons. The molecule has 0 aliphatic carbocycles. The molecule has 2 heteroatoms. The molecule has 0 nitrogen and oxygen atoms in total. The van der Waals surface area contributed by atoms with Crippen LogP contribution < -0.4 is 0 Å². The quantitative estimate of drug-likeness (QED) is 0.638. The van der Waals surface area contributed by atoms with E-state index < -0.39 is 0 Å². The third kappa shape index (κ3) is 3.04.